The highest BCUT2D eigenvalue weighted by Gasteiger charge is 2.73. The molecule has 5 atom stereocenters. The zero-order chi connectivity index (χ0) is 20.8. The lowest BCUT2D eigenvalue weighted by molar-refractivity contribution is -0.193. The predicted octanol–water partition coefficient (Wildman–Crippen LogP) is 1.25. The van der Waals surface area contributed by atoms with Gasteiger partial charge in [-0.05, 0) is 43.9 Å². The van der Waals surface area contributed by atoms with E-state index >= 15 is 0 Å². The van der Waals surface area contributed by atoms with E-state index in [0.717, 1.165) is 11.1 Å². The van der Waals surface area contributed by atoms with Crippen molar-refractivity contribution in [2.75, 3.05) is 20.1 Å². The van der Waals surface area contributed by atoms with Crippen molar-refractivity contribution in [1.82, 2.24) is 9.21 Å². The Hall–Kier alpha value is -1.68. The fraction of sp³-hybridized carbons (Fsp3) is 0.600. The number of likely N-dealkylation sites (N-methyl/N-ethyl adjacent to an activating group) is 1. The van der Waals surface area contributed by atoms with Crippen LogP contribution in [0, 0.1) is 0 Å². The number of phenolic OH excluding ortho intramolecular Hbond substituents is 1. The molecule has 2 aliphatic heterocycles. The molecule has 2 unspecified atom stereocenters. The van der Waals surface area contributed by atoms with Crippen LogP contribution < -0.4 is 4.74 Å². The Morgan fingerprint density at radius 2 is 2.21 bits per heavy atom. The van der Waals surface area contributed by atoms with Gasteiger partial charge in [0.25, 0.3) is 0 Å². The maximum atomic E-state index is 13.9. The van der Waals surface area contributed by atoms with Crippen LogP contribution in [-0.4, -0.2) is 71.8 Å². The van der Waals surface area contributed by atoms with Crippen molar-refractivity contribution in [2.24, 2.45) is 0 Å². The number of nitrogens with zero attached hydrogens (tertiary/aromatic N) is 2. The van der Waals surface area contributed by atoms with Crippen LogP contribution in [0.2, 0.25) is 0 Å². The Morgan fingerprint density at radius 1 is 1.45 bits per heavy atom. The summed E-state index contributed by atoms with van der Waals surface area (Å²) < 4.78 is 44.2. The van der Waals surface area contributed by atoms with Gasteiger partial charge in [0, 0.05) is 25.2 Å². The number of aromatic hydroxyl groups is 1. The van der Waals surface area contributed by atoms with Crippen LogP contribution in [0.25, 0.3) is 0 Å². The minimum Gasteiger partial charge on any atom is -0.504 e. The summed E-state index contributed by atoms with van der Waals surface area (Å²) in [5.74, 6) is 0.268. The average Bonchev–Trinajstić information content (AvgIpc) is 3.00. The molecule has 1 aromatic rings. The first-order valence-corrected chi connectivity index (χ1v) is 11.3. The Labute approximate surface area is 169 Å². The number of rotatable bonds is 4. The predicted molar refractivity (Wildman–Crippen MR) is 104 cm³/mol. The molecule has 2 bridgehead atoms. The van der Waals surface area contributed by atoms with E-state index in [2.05, 4.69) is 11.5 Å². The van der Waals surface area contributed by atoms with Crippen LogP contribution in [0.1, 0.15) is 30.4 Å². The van der Waals surface area contributed by atoms with Crippen molar-refractivity contribution in [2.45, 2.75) is 54.9 Å². The third-order valence-corrected chi connectivity index (χ3v) is 8.68. The Morgan fingerprint density at radius 3 is 2.90 bits per heavy atom. The van der Waals surface area contributed by atoms with Gasteiger partial charge in [0.1, 0.15) is 6.10 Å². The zero-order valence-electron chi connectivity index (χ0n) is 16.2. The van der Waals surface area contributed by atoms with Gasteiger partial charge < -0.3 is 14.9 Å². The summed E-state index contributed by atoms with van der Waals surface area (Å²) in [6.45, 7) is 5.14. The molecule has 158 valence electrons. The SMILES string of the molecule is C=CCN1CC[C@]23c4c5ccc(O)c4OC2[C@H](N(C)S(=O)(=O)F)CC[C@@]3(O)C1C5. The van der Waals surface area contributed by atoms with Crippen LogP contribution in [0.3, 0.4) is 0 Å². The van der Waals surface area contributed by atoms with Crippen molar-refractivity contribution in [3.8, 4) is 11.5 Å². The highest BCUT2D eigenvalue weighted by molar-refractivity contribution is 7.83. The summed E-state index contributed by atoms with van der Waals surface area (Å²) in [5.41, 5.74) is -0.301. The van der Waals surface area contributed by atoms with Crippen molar-refractivity contribution in [1.29, 1.82) is 0 Å². The van der Waals surface area contributed by atoms with E-state index in [1.165, 1.54) is 7.05 Å². The third-order valence-electron chi connectivity index (χ3n) is 7.72. The first-order valence-electron chi connectivity index (χ1n) is 9.92. The van der Waals surface area contributed by atoms with E-state index in [4.69, 9.17) is 4.74 Å². The topological polar surface area (TPSA) is 90.3 Å². The highest BCUT2D eigenvalue weighted by Crippen LogP contribution is 2.65. The fourth-order valence-corrected chi connectivity index (χ4v) is 7.06. The lowest BCUT2D eigenvalue weighted by Gasteiger charge is -2.64. The second-order valence-electron chi connectivity index (χ2n) is 8.70. The summed E-state index contributed by atoms with van der Waals surface area (Å²) in [6.07, 6.45) is 2.77. The number of hydrogen-bond acceptors (Lipinski definition) is 6. The normalized spacial score (nSPS) is 37.9. The van der Waals surface area contributed by atoms with Crippen molar-refractivity contribution >= 4 is 10.4 Å². The molecule has 7 nitrogen and oxygen atoms in total. The molecule has 1 saturated heterocycles. The number of ether oxygens (including phenoxy) is 1. The Bertz CT molecular complexity index is 1000. The molecule has 0 aromatic heterocycles. The molecule has 0 radical (unpaired) electrons. The monoisotopic (exact) mass is 424 g/mol. The Kier molecular flexibility index (Phi) is 3.95. The van der Waals surface area contributed by atoms with Gasteiger partial charge in [-0.1, -0.05) is 16.0 Å². The molecule has 2 fully saturated rings. The van der Waals surface area contributed by atoms with Gasteiger partial charge in [0.05, 0.1) is 17.1 Å². The van der Waals surface area contributed by atoms with Crippen LogP contribution in [0.4, 0.5) is 3.89 Å². The fourth-order valence-electron chi connectivity index (χ4n) is 6.52. The number of likely N-dealkylation sites (tertiary alicyclic amines) is 1. The van der Waals surface area contributed by atoms with Crippen molar-refractivity contribution in [3.05, 3.63) is 35.9 Å². The van der Waals surface area contributed by atoms with Gasteiger partial charge in [0.2, 0.25) is 0 Å². The van der Waals surface area contributed by atoms with E-state index in [1.807, 2.05) is 12.1 Å². The third kappa shape index (κ3) is 2.24. The molecule has 0 amide bonds. The highest BCUT2D eigenvalue weighted by atomic mass is 32.3. The van der Waals surface area contributed by atoms with Crippen LogP contribution in [0.15, 0.2) is 24.8 Å². The largest absolute Gasteiger partial charge is 0.504 e. The minimum atomic E-state index is -4.93. The minimum absolute atomic E-state index is 0.0358. The average molecular weight is 424 g/mol. The Balaban J connectivity index is 1.73. The lowest BCUT2D eigenvalue weighted by Crippen LogP contribution is -2.78. The van der Waals surface area contributed by atoms with E-state index in [0.29, 0.717) is 42.4 Å². The number of benzene rings is 1. The maximum Gasteiger partial charge on any atom is 0.374 e. The second kappa shape index (κ2) is 5.94. The van der Waals surface area contributed by atoms with Crippen molar-refractivity contribution < 1.29 is 27.3 Å². The zero-order valence-corrected chi connectivity index (χ0v) is 17.0. The maximum absolute atomic E-state index is 13.9. The number of hydrogen-bond donors (Lipinski definition) is 2. The molecular weight excluding hydrogens is 399 g/mol. The van der Waals surface area contributed by atoms with E-state index in [9.17, 15) is 22.5 Å². The number of halogens is 1. The van der Waals surface area contributed by atoms with Gasteiger partial charge in [-0.2, -0.15) is 12.7 Å². The second-order valence-corrected chi connectivity index (χ2v) is 10.1. The van der Waals surface area contributed by atoms with E-state index in [-0.39, 0.29) is 18.2 Å². The lowest BCUT2D eigenvalue weighted by atomic mass is 9.48. The summed E-state index contributed by atoms with van der Waals surface area (Å²) in [6, 6.07) is 2.47. The van der Waals surface area contributed by atoms with Crippen LogP contribution >= 0.6 is 0 Å². The molecule has 2 aliphatic carbocycles. The first-order chi connectivity index (χ1) is 13.6. The summed E-state index contributed by atoms with van der Waals surface area (Å²) >= 11 is 0. The molecule has 29 heavy (non-hydrogen) atoms. The number of aliphatic hydroxyl groups is 1. The van der Waals surface area contributed by atoms with Crippen molar-refractivity contribution in [3.63, 3.8) is 0 Å². The van der Waals surface area contributed by atoms with E-state index in [1.54, 1.807) is 6.07 Å². The standard InChI is InChI=1S/C20H25FN2O5S/c1-3-9-23-10-8-19-16-12-4-5-14(24)17(16)28-18(19)13(22(2)29(21,26)27)6-7-20(19,25)15(23)11-12/h3-5,13,15,18,24-25H,1,6-11H2,2H3/t13-,15?,18?,19+,20-/m1/s1. The molecule has 2 heterocycles. The number of phenols is 1. The summed E-state index contributed by atoms with van der Waals surface area (Å²) in [5, 5.41) is 22.6. The molecule has 1 saturated carbocycles. The molecule has 1 spiro atoms. The summed E-state index contributed by atoms with van der Waals surface area (Å²) in [7, 11) is -3.72. The molecule has 9 heteroatoms. The van der Waals surface area contributed by atoms with Gasteiger partial charge in [0.15, 0.2) is 11.5 Å². The van der Waals surface area contributed by atoms with Crippen LogP contribution in [-0.2, 0) is 22.2 Å². The quantitative estimate of drug-likeness (QED) is 0.559. The number of piperidine rings is 1. The summed E-state index contributed by atoms with van der Waals surface area (Å²) in [4.78, 5) is 2.21. The van der Waals surface area contributed by atoms with Gasteiger partial charge in [-0.3, -0.25) is 4.90 Å². The van der Waals surface area contributed by atoms with Gasteiger partial charge in [-0.15, -0.1) is 6.58 Å². The molecule has 5 rings (SSSR count). The first kappa shape index (κ1) is 19.3. The molecule has 2 N–H and O–H groups in total. The van der Waals surface area contributed by atoms with Crippen LogP contribution in [0.5, 0.6) is 11.5 Å². The molecule has 1 aromatic carbocycles. The molecule has 4 aliphatic rings. The van der Waals surface area contributed by atoms with E-state index < -0.39 is 33.6 Å². The molecular formula is C20H25FN2O5S. The van der Waals surface area contributed by atoms with Gasteiger partial charge >= 0.3 is 10.4 Å². The smallest absolute Gasteiger partial charge is 0.374 e. The van der Waals surface area contributed by atoms with Gasteiger partial charge in [-0.25, -0.2) is 0 Å².